The van der Waals surface area contributed by atoms with E-state index in [1.165, 1.54) is 20.3 Å². The number of ether oxygens (including phenoxy) is 3. The molecule has 124 valence electrons. The minimum absolute atomic E-state index is 0.164. The molecule has 0 radical (unpaired) electrons. The Morgan fingerprint density at radius 1 is 1.00 bits per heavy atom. The summed E-state index contributed by atoms with van der Waals surface area (Å²) in [6.45, 7) is 1.01. The predicted octanol–water partition coefficient (Wildman–Crippen LogP) is 3.18. The van der Waals surface area contributed by atoms with Gasteiger partial charge in [-0.15, -0.1) is 0 Å². The minimum Gasteiger partial charge on any atom is -0.496 e. The summed E-state index contributed by atoms with van der Waals surface area (Å²) in [5.74, 6) is 0.464. The van der Waals surface area contributed by atoms with E-state index in [9.17, 15) is 4.39 Å². The number of methoxy groups -OCH3 is 3. The molecule has 0 bridgehead atoms. The van der Waals surface area contributed by atoms with Crippen molar-refractivity contribution in [2.45, 2.75) is 13.0 Å². The van der Waals surface area contributed by atoms with Gasteiger partial charge in [0, 0.05) is 18.2 Å². The van der Waals surface area contributed by atoms with Crippen LogP contribution >= 0.6 is 0 Å². The average molecular weight is 322 g/mol. The van der Waals surface area contributed by atoms with Crippen molar-refractivity contribution >= 4 is 0 Å². The number of halogens is 1. The molecule has 0 heterocycles. The molecule has 0 aromatic heterocycles. The van der Waals surface area contributed by atoms with Crippen LogP contribution in [0.1, 0.15) is 15.2 Å². The molecule has 0 aliphatic carbocycles. The molecule has 0 amide bonds. The summed E-state index contributed by atoms with van der Waals surface area (Å²) in [6, 6.07) is 9.87. The Morgan fingerprint density at radius 3 is 2.52 bits per heavy atom. The van der Waals surface area contributed by atoms with Crippen molar-refractivity contribution in [3.05, 3.63) is 53.3 Å². The zero-order valence-electron chi connectivity index (χ0n) is 16.2. The zero-order chi connectivity index (χ0) is 19.2. The predicted molar refractivity (Wildman–Crippen MR) is 87.9 cm³/mol. The SMILES string of the molecule is [2H]C([2H])([2H])Oc1ccccc1CNCCc1cc(OC)c(F)cc1OC. The molecule has 2 rings (SSSR count). The van der Waals surface area contributed by atoms with Crippen LogP contribution in [-0.4, -0.2) is 27.8 Å². The lowest BCUT2D eigenvalue weighted by Gasteiger charge is -2.13. The first-order valence-electron chi connectivity index (χ1n) is 8.72. The summed E-state index contributed by atoms with van der Waals surface area (Å²) >= 11 is 0. The molecule has 0 unspecified atom stereocenters. The summed E-state index contributed by atoms with van der Waals surface area (Å²) in [4.78, 5) is 0. The summed E-state index contributed by atoms with van der Waals surface area (Å²) < 4.78 is 50.6. The molecule has 5 heteroatoms. The highest BCUT2D eigenvalue weighted by Crippen LogP contribution is 2.27. The number of hydrogen-bond donors (Lipinski definition) is 1. The van der Waals surface area contributed by atoms with Crippen LogP contribution in [0.2, 0.25) is 0 Å². The van der Waals surface area contributed by atoms with E-state index >= 15 is 0 Å². The van der Waals surface area contributed by atoms with Crippen molar-refractivity contribution in [2.24, 2.45) is 0 Å². The van der Waals surface area contributed by atoms with E-state index in [0.29, 0.717) is 31.0 Å². The first kappa shape index (κ1) is 13.2. The number of hydrogen-bond acceptors (Lipinski definition) is 4. The number of benzene rings is 2. The molecule has 1 N–H and O–H groups in total. The largest absolute Gasteiger partial charge is 0.496 e. The topological polar surface area (TPSA) is 39.7 Å². The molecule has 0 aliphatic heterocycles. The zero-order valence-corrected chi connectivity index (χ0v) is 13.2. The maximum absolute atomic E-state index is 13.7. The summed E-state index contributed by atoms with van der Waals surface area (Å²) in [6.07, 6.45) is 0.585. The minimum atomic E-state index is -2.49. The normalized spacial score (nSPS) is 12.9. The highest BCUT2D eigenvalue weighted by molar-refractivity contribution is 5.41. The summed E-state index contributed by atoms with van der Waals surface area (Å²) in [7, 11) is 0.406. The molecule has 23 heavy (non-hydrogen) atoms. The van der Waals surface area contributed by atoms with Gasteiger partial charge < -0.3 is 19.5 Å². The van der Waals surface area contributed by atoms with Gasteiger partial charge >= 0.3 is 0 Å². The van der Waals surface area contributed by atoms with Gasteiger partial charge in [0.05, 0.1) is 25.4 Å². The van der Waals surface area contributed by atoms with Gasteiger partial charge in [-0.25, -0.2) is 4.39 Å². The van der Waals surface area contributed by atoms with Crippen molar-refractivity contribution in [3.8, 4) is 17.2 Å². The van der Waals surface area contributed by atoms with Gasteiger partial charge in [-0.2, -0.15) is 0 Å². The first-order valence-corrected chi connectivity index (χ1v) is 7.22. The fourth-order valence-corrected chi connectivity index (χ4v) is 2.31. The van der Waals surface area contributed by atoms with E-state index in [4.69, 9.17) is 18.3 Å². The van der Waals surface area contributed by atoms with E-state index in [1.54, 1.807) is 24.3 Å². The fraction of sp³-hybridized carbons (Fsp3) is 0.333. The van der Waals surface area contributed by atoms with E-state index in [1.807, 2.05) is 6.07 Å². The second kappa shape index (κ2) is 8.39. The number of rotatable bonds is 8. The smallest absolute Gasteiger partial charge is 0.168 e. The van der Waals surface area contributed by atoms with E-state index in [2.05, 4.69) is 5.32 Å². The van der Waals surface area contributed by atoms with Gasteiger partial charge in [0.25, 0.3) is 0 Å². The van der Waals surface area contributed by atoms with Crippen molar-refractivity contribution in [1.82, 2.24) is 5.32 Å². The van der Waals surface area contributed by atoms with Crippen molar-refractivity contribution in [3.63, 3.8) is 0 Å². The molecular weight excluding hydrogens is 297 g/mol. The third-order valence-electron chi connectivity index (χ3n) is 3.52. The highest BCUT2D eigenvalue weighted by atomic mass is 19.1. The van der Waals surface area contributed by atoms with Crippen LogP contribution in [0.4, 0.5) is 4.39 Å². The van der Waals surface area contributed by atoms with Gasteiger partial charge in [-0.3, -0.25) is 0 Å². The lowest BCUT2D eigenvalue weighted by Crippen LogP contribution is -2.17. The summed E-state index contributed by atoms with van der Waals surface area (Å²) in [5, 5.41) is 3.23. The van der Waals surface area contributed by atoms with Crippen LogP contribution in [0.5, 0.6) is 17.2 Å². The van der Waals surface area contributed by atoms with Gasteiger partial charge in [0.15, 0.2) is 11.6 Å². The standard InChI is InChI=1S/C18H22FNO3/c1-21-16-7-5-4-6-14(16)12-20-9-8-13-10-18(23-3)15(19)11-17(13)22-2/h4-7,10-11,20H,8-9,12H2,1-3H3/i1D3. The Balaban J connectivity index is 1.98. The lowest BCUT2D eigenvalue weighted by molar-refractivity contribution is 0.374. The molecule has 0 aliphatic rings. The lowest BCUT2D eigenvalue weighted by atomic mass is 10.1. The number of nitrogens with one attached hydrogen (secondary N) is 1. The van der Waals surface area contributed by atoms with Crippen LogP contribution in [0.15, 0.2) is 36.4 Å². The quantitative estimate of drug-likeness (QED) is 0.758. The van der Waals surface area contributed by atoms with Gasteiger partial charge in [0.2, 0.25) is 0 Å². The molecule has 0 saturated carbocycles. The van der Waals surface area contributed by atoms with Gasteiger partial charge in [0.1, 0.15) is 11.5 Å². The average Bonchev–Trinajstić information content (AvgIpc) is 2.59. The molecule has 0 atom stereocenters. The third-order valence-corrected chi connectivity index (χ3v) is 3.52. The molecule has 0 saturated heterocycles. The van der Waals surface area contributed by atoms with E-state index in [0.717, 1.165) is 11.1 Å². The molecule has 0 spiro atoms. The highest BCUT2D eigenvalue weighted by Gasteiger charge is 2.11. The molecule has 2 aromatic carbocycles. The number of para-hydroxylation sites is 1. The van der Waals surface area contributed by atoms with Crippen molar-refractivity contribution < 1.29 is 22.7 Å². The van der Waals surface area contributed by atoms with Crippen LogP contribution in [-0.2, 0) is 13.0 Å². The van der Waals surface area contributed by atoms with Gasteiger partial charge in [-0.1, -0.05) is 18.2 Å². The maximum Gasteiger partial charge on any atom is 0.168 e. The fourth-order valence-electron chi connectivity index (χ4n) is 2.31. The van der Waals surface area contributed by atoms with E-state index in [-0.39, 0.29) is 5.75 Å². The van der Waals surface area contributed by atoms with Crippen LogP contribution < -0.4 is 19.5 Å². The van der Waals surface area contributed by atoms with Crippen LogP contribution in [0.25, 0.3) is 0 Å². The second-order valence-electron chi connectivity index (χ2n) is 4.94. The second-order valence-corrected chi connectivity index (χ2v) is 4.94. The molecular formula is C18H22FNO3. The summed E-state index contributed by atoms with van der Waals surface area (Å²) in [5.41, 5.74) is 1.55. The maximum atomic E-state index is 13.7. The first-order chi connectivity index (χ1) is 12.3. The van der Waals surface area contributed by atoms with Crippen LogP contribution in [0, 0.1) is 5.82 Å². The molecule has 2 aromatic rings. The monoisotopic (exact) mass is 322 g/mol. The molecule has 0 fully saturated rings. The van der Waals surface area contributed by atoms with E-state index < -0.39 is 12.9 Å². The third kappa shape index (κ3) is 4.36. The van der Waals surface area contributed by atoms with Crippen LogP contribution in [0.3, 0.4) is 0 Å². The Hall–Kier alpha value is -2.27. The molecule has 4 nitrogen and oxygen atoms in total. The van der Waals surface area contributed by atoms with Gasteiger partial charge in [-0.05, 0) is 30.7 Å². The van der Waals surface area contributed by atoms with Crippen molar-refractivity contribution in [2.75, 3.05) is 27.8 Å². The Bertz CT molecular complexity index is 738. The van der Waals surface area contributed by atoms with Crippen molar-refractivity contribution in [1.29, 1.82) is 0 Å². The Morgan fingerprint density at radius 2 is 1.78 bits per heavy atom. The Kier molecular flexibility index (Phi) is 4.81. The Labute approximate surface area is 140 Å².